The fourth-order valence-electron chi connectivity index (χ4n) is 3.90. The maximum Gasteiger partial charge on any atom is 0.384 e. The largest absolute Gasteiger partial charge is 0.422 e. The molecule has 0 unspecified atom stereocenters. The average Bonchev–Trinajstić information content (AvgIpc) is 2.75. The third-order valence-electron chi connectivity index (χ3n) is 5.22. The van der Waals surface area contributed by atoms with Crippen LogP contribution in [0.1, 0.15) is 12.0 Å². The molecule has 0 saturated heterocycles. The van der Waals surface area contributed by atoms with Gasteiger partial charge in [0, 0.05) is 23.5 Å². The molecule has 0 atom stereocenters. The number of fused-ring (bicyclic) bond motifs is 2. The Morgan fingerprint density at radius 3 is 2.76 bits per heavy atom. The van der Waals surface area contributed by atoms with Gasteiger partial charge in [-0.1, -0.05) is 29.8 Å². The topological polar surface area (TPSA) is 71.2 Å². The highest BCUT2D eigenvalue weighted by Gasteiger charge is 2.23. The first-order valence-electron chi connectivity index (χ1n) is 9.35. The molecular weight excluding hydrogens is 388 g/mol. The SMILES string of the molecule is O=c1nc(N2CCCc3cc(-c4cccc(Cl)c4)ccc32)c2cccnc2n1O. The Bertz CT molecular complexity index is 1300. The van der Waals surface area contributed by atoms with Crippen molar-refractivity contribution < 1.29 is 5.21 Å². The molecule has 5 rings (SSSR count). The quantitative estimate of drug-likeness (QED) is 0.500. The van der Waals surface area contributed by atoms with Crippen LogP contribution in [0.3, 0.4) is 0 Å². The third-order valence-corrected chi connectivity index (χ3v) is 5.46. The number of hydrogen-bond donors (Lipinski definition) is 1. The lowest BCUT2D eigenvalue weighted by molar-refractivity contribution is 0.182. The second-order valence-corrected chi connectivity index (χ2v) is 7.45. The van der Waals surface area contributed by atoms with Crippen molar-refractivity contribution in [2.75, 3.05) is 11.4 Å². The molecule has 2 aromatic heterocycles. The van der Waals surface area contributed by atoms with Gasteiger partial charge in [-0.05, 0) is 65.9 Å². The minimum atomic E-state index is -0.742. The van der Waals surface area contributed by atoms with Crippen LogP contribution in [0.2, 0.25) is 5.02 Å². The number of rotatable bonds is 2. The van der Waals surface area contributed by atoms with Crippen molar-refractivity contribution in [1.29, 1.82) is 0 Å². The Morgan fingerprint density at radius 2 is 1.90 bits per heavy atom. The maximum absolute atomic E-state index is 12.2. The van der Waals surface area contributed by atoms with Crippen molar-refractivity contribution in [3.05, 3.63) is 81.9 Å². The van der Waals surface area contributed by atoms with E-state index < -0.39 is 5.69 Å². The molecule has 0 spiro atoms. The Morgan fingerprint density at radius 1 is 1.03 bits per heavy atom. The summed E-state index contributed by atoms with van der Waals surface area (Å²) in [4.78, 5) is 22.5. The fourth-order valence-corrected chi connectivity index (χ4v) is 4.09. The zero-order chi connectivity index (χ0) is 20.0. The van der Waals surface area contributed by atoms with Gasteiger partial charge in [-0.2, -0.15) is 4.98 Å². The van der Waals surface area contributed by atoms with E-state index in [4.69, 9.17) is 11.6 Å². The first-order valence-corrected chi connectivity index (χ1v) is 9.73. The molecule has 0 saturated carbocycles. The van der Waals surface area contributed by atoms with Crippen molar-refractivity contribution in [2.45, 2.75) is 12.8 Å². The lowest BCUT2D eigenvalue weighted by Crippen LogP contribution is -2.30. The summed E-state index contributed by atoms with van der Waals surface area (Å²) in [7, 11) is 0. The molecule has 0 amide bonds. The van der Waals surface area contributed by atoms with Crippen molar-refractivity contribution in [2.24, 2.45) is 0 Å². The summed E-state index contributed by atoms with van der Waals surface area (Å²) in [6, 6.07) is 17.6. The van der Waals surface area contributed by atoms with Gasteiger partial charge in [0.05, 0.1) is 5.39 Å². The summed E-state index contributed by atoms with van der Waals surface area (Å²) in [5.74, 6) is 0.514. The highest BCUT2D eigenvalue weighted by Crippen LogP contribution is 2.37. The Labute approximate surface area is 171 Å². The first-order chi connectivity index (χ1) is 14.1. The zero-order valence-corrected chi connectivity index (χ0v) is 16.2. The normalized spacial score (nSPS) is 13.5. The summed E-state index contributed by atoms with van der Waals surface area (Å²) in [6.07, 6.45) is 3.41. The van der Waals surface area contributed by atoms with Crippen LogP contribution in [-0.2, 0) is 6.42 Å². The van der Waals surface area contributed by atoms with Gasteiger partial charge in [0.1, 0.15) is 5.82 Å². The minimum Gasteiger partial charge on any atom is -0.422 e. The van der Waals surface area contributed by atoms with Gasteiger partial charge in [0.25, 0.3) is 0 Å². The van der Waals surface area contributed by atoms with Crippen LogP contribution in [0, 0.1) is 0 Å². The highest BCUT2D eigenvalue weighted by atomic mass is 35.5. The molecule has 7 heteroatoms. The second kappa shape index (κ2) is 6.90. The molecule has 1 aliphatic rings. The van der Waals surface area contributed by atoms with Crippen LogP contribution in [0.15, 0.2) is 65.6 Å². The van der Waals surface area contributed by atoms with Crippen molar-refractivity contribution in [1.82, 2.24) is 14.7 Å². The highest BCUT2D eigenvalue weighted by molar-refractivity contribution is 6.30. The smallest absolute Gasteiger partial charge is 0.384 e. The van der Waals surface area contributed by atoms with Crippen LogP contribution in [-0.4, -0.2) is 26.5 Å². The van der Waals surface area contributed by atoms with E-state index in [1.54, 1.807) is 12.3 Å². The molecule has 1 N–H and O–H groups in total. The predicted octanol–water partition coefficient (Wildman–Crippen LogP) is 4.43. The Balaban J connectivity index is 1.65. The van der Waals surface area contributed by atoms with E-state index in [-0.39, 0.29) is 5.65 Å². The fraction of sp³-hybridized carbons (Fsp3) is 0.136. The molecule has 0 fully saturated rings. The number of benzene rings is 2. The van der Waals surface area contributed by atoms with E-state index in [1.165, 1.54) is 5.56 Å². The second-order valence-electron chi connectivity index (χ2n) is 7.01. The van der Waals surface area contributed by atoms with Gasteiger partial charge in [-0.25, -0.2) is 9.78 Å². The number of aryl methyl sites for hydroxylation is 1. The zero-order valence-electron chi connectivity index (χ0n) is 15.4. The molecule has 2 aromatic carbocycles. The van der Waals surface area contributed by atoms with E-state index in [9.17, 15) is 10.0 Å². The van der Waals surface area contributed by atoms with Crippen LogP contribution < -0.4 is 10.6 Å². The summed E-state index contributed by atoms with van der Waals surface area (Å²) < 4.78 is 0.492. The molecule has 0 aliphatic carbocycles. The molecule has 3 heterocycles. The van der Waals surface area contributed by atoms with Gasteiger partial charge in [-0.3, -0.25) is 0 Å². The van der Waals surface area contributed by atoms with E-state index in [1.807, 2.05) is 35.2 Å². The standard InChI is InChI=1S/C22H17ClN4O2/c23-17-6-1-4-14(13-17)15-8-9-19-16(12-15)5-3-11-26(19)21-18-7-2-10-24-20(18)27(29)22(28)25-21/h1-2,4,6-10,12-13,29H,3,5,11H2. The van der Waals surface area contributed by atoms with Crippen LogP contribution in [0.4, 0.5) is 11.5 Å². The Kier molecular flexibility index (Phi) is 4.21. The predicted molar refractivity (Wildman–Crippen MR) is 113 cm³/mol. The minimum absolute atomic E-state index is 0.199. The molecule has 29 heavy (non-hydrogen) atoms. The summed E-state index contributed by atoms with van der Waals surface area (Å²) >= 11 is 6.15. The molecule has 144 valence electrons. The molecule has 4 aromatic rings. The third kappa shape index (κ3) is 3.02. The number of halogens is 1. The van der Waals surface area contributed by atoms with Crippen LogP contribution >= 0.6 is 11.6 Å². The molecule has 1 aliphatic heterocycles. The number of hydrogen-bond acceptors (Lipinski definition) is 5. The number of pyridine rings is 1. The Hall–Kier alpha value is -3.38. The van der Waals surface area contributed by atoms with Gasteiger partial charge < -0.3 is 10.1 Å². The summed E-state index contributed by atoms with van der Waals surface area (Å²) in [5.41, 5.74) is 3.81. The lowest BCUT2D eigenvalue weighted by atomic mass is 9.96. The monoisotopic (exact) mass is 404 g/mol. The molecular formula is C22H17ClN4O2. The lowest BCUT2D eigenvalue weighted by Gasteiger charge is -2.31. The first kappa shape index (κ1) is 17.7. The van der Waals surface area contributed by atoms with Crippen molar-refractivity contribution in [3.63, 3.8) is 0 Å². The number of anilines is 2. The van der Waals surface area contributed by atoms with E-state index in [0.29, 0.717) is 21.0 Å². The van der Waals surface area contributed by atoms with Gasteiger partial charge >= 0.3 is 5.69 Å². The molecule has 0 radical (unpaired) electrons. The summed E-state index contributed by atoms with van der Waals surface area (Å²) in [5, 5.41) is 11.3. The van der Waals surface area contributed by atoms with E-state index in [0.717, 1.165) is 36.2 Å². The van der Waals surface area contributed by atoms with E-state index in [2.05, 4.69) is 28.2 Å². The van der Waals surface area contributed by atoms with Gasteiger partial charge in [-0.15, -0.1) is 4.73 Å². The van der Waals surface area contributed by atoms with Crippen LogP contribution in [0.25, 0.3) is 22.2 Å². The summed E-state index contributed by atoms with van der Waals surface area (Å²) in [6.45, 7) is 0.732. The number of nitrogens with zero attached hydrogens (tertiary/aromatic N) is 4. The average molecular weight is 405 g/mol. The van der Waals surface area contributed by atoms with Crippen LogP contribution in [0.5, 0.6) is 0 Å². The number of aromatic nitrogens is 3. The molecule has 6 nitrogen and oxygen atoms in total. The van der Waals surface area contributed by atoms with Crippen molar-refractivity contribution in [3.8, 4) is 11.1 Å². The van der Waals surface area contributed by atoms with E-state index >= 15 is 0 Å². The van der Waals surface area contributed by atoms with Crippen molar-refractivity contribution >= 4 is 34.1 Å². The van der Waals surface area contributed by atoms with Gasteiger partial charge in [0.15, 0.2) is 5.65 Å². The molecule has 0 bridgehead atoms. The maximum atomic E-state index is 12.2. The van der Waals surface area contributed by atoms with Gasteiger partial charge in [0.2, 0.25) is 0 Å².